The molecule has 186 valence electrons. The lowest BCUT2D eigenvalue weighted by Crippen LogP contribution is -2.55. The van der Waals surface area contributed by atoms with E-state index in [4.69, 9.17) is 4.74 Å². The van der Waals surface area contributed by atoms with Crippen molar-refractivity contribution in [3.63, 3.8) is 0 Å². The van der Waals surface area contributed by atoms with Gasteiger partial charge in [0.2, 0.25) is 11.8 Å². The van der Waals surface area contributed by atoms with Crippen LogP contribution in [-0.2, 0) is 14.3 Å². The van der Waals surface area contributed by atoms with E-state index in [-0.39, 0.29) is 11.7 Å². The molecule has 0 fully saturated rings. The molecule has 1 rings (SSSR count). The maximum atomic E-state index is 13.6. The molecule has 3 N–H and O–H groups in total. The quantitative estimate of drug-likeness (QED) is 0.565. The molecule has 0 saturated carbocycles. The van der Waals surface area contributed by atoms with E-state index in [1.165, 1.54) is 11.9 Å². The molecule has 0 aliphatic rings. The average Bonchev–Trinajstić information content (AvgIpc) is 2.65. The normalized spacial score (nSPS) is 14.6. The summed E-state index contributed by atoms with van der Waals surface area (Å²) in [4.78, 5) is 40.7. The van der Waals surface area contributed by atoms with Crippen LogP contribution in [0.15, 0.2) is 18.2 Å². The third-order valence-corrected chi connectivity index (χ3v) is 5.20. The summed E-state index contributed by atoms with van der Waals surface area (Å²) in [5.74, 6) is -1.15. The van der Waals surface area contributed by atoms with E-state index >= 15 is 0 Å². The molecule has 8 nitrogen and oxygen atoms in total. The monoisotopic (exact) mass is 463 g/mol. The number of nitrogens with zero attached hydrogens (tertiary/aromatic N) is 1. The number of aryl methyl sites for hydroxylation is 1. The molecule has 3 amide bonds. The van der Waals surface area contributed by atoms with Gasteiger partial charge in [0, 0.05) is 18.2 Å². The maximum absolute atomic E-state index is 13.6. The van der Waals surface area contributed by atoms with Gasteiger partial charge in [-0.1, -0.05) is 38.5 Å². The van der Waals surface area contributed by atoms with Gasteiger partial charge in [-0.25, -0.2) is 4.79 Å². The first-order chi connectivity index (χ1) is 15.0. The first-order valence-electron chi connectivity index (χ1n) is 11.3. The molecule has 33 heavy (non-hydrogen) atoms. The Hall–Kier alpha value is -2.77. The lowest BCUT2D eigenvalue weighted by atomic mass is 9.95. The van der Waals surface area contributed by atoms with Crippen LogP contribution in [0, 0.1) is 12.8 Å². The first kappa shape index (κ1) is 28.3. The fourth-order valence-corrected chi connectivity index (χ4v) is 3.33. The van der Waals surface area contributed by atoms with Crippen molar-refractivity contribution in [3.05, 3.63) is 29.3 Å². The molecule has 0 saturated heterocycles. The van der Waals surface area contributed by atoms with E-state index in [1.54, 1.807) is 45.9 Å². The van der Waals surface area contributed by atoms with Gasteiger partial charge in [-0.3, -0.25) is 9.59 Å². The molecular formula is C25H41N3O5. The van der Waals surface area contributed by atoms with Gasteiger partial charge in [0.05, 0.1) is 0 Å². The van der Waals surface area contributed by atoms with Crippen molar-refractivity contribution in [2.45, 2.75) is 92.0 Å². The number of carbonyl (C=O) groups excluding carboxylic acids is 3. The van der Waals surface area contributed by atoms with E-state index in [0.29, 0.717) is 17.5 Å². The second-order valence-electron chi connectivity index (χ2n) is 10.6. The van der Waals surface area contributed by atoms with E-state index in [2.05, 4.69) is 10.6 Å². The molecule has 1 aromatic rings. The smallest absolute Gasteiger partial charge is 0.408 e. The number of rotatable bonds is 7. The molecule has 8 heteroatoms. The van der Waals surface area contributed by atoms with Crippen molar-refractivity contribution in [1.29, 1.82) is 0 Å². The Balaban J connectivity index is 3.40. The van der Waals surface area contributed by atoms with Gasteiger partial charge in [-0.15, -0.1) is 0 Å². The van der Waals surface area contributed by atoms with Gasteiger partial charge in [-0.05, 0) is 59.9 Å². The minimum Gasteiger partial charge on any atom is -0.507 e. The summed E-state index contributed by atoms with van der Waals surface area (Å²) < 4.78 is 5.35. The highest BCUT2D eigenvalue weighted by Gasteiger charge is 2.38. The topological polar surface area (TPSA) is 108 Å². The van der Waals surface area contributed by atoms with Crippen LogP contribution < -0.4 is 10.6 Å². The van der Waals surface area contributed by atoms with Gasteiger partial charge in [0.15, 0.2) is 0 Å². The highest BCUT2D eigenvalue weighted by atomic mass is 16.6. The predicted octanol–water partition coefficient (Wildman–Crippen LogP) is 4.05. The number of phenolic OH excluding ortho intramolecular Hbond substituents is 1. The summed E-state index contributed by atoms with van der Waals surface area (Å²) in [6, 6.07) is 3.07. The molecular weight excluding hydrogens is 422 g/mol. The number of alkyl carbamates (subject to hydrolysis) is 1. The lowest BCUT2D eigenvalue weighted by molar-refractivity contribution is -0.142. The van der Waals surface area contributed by atoms with Crippen LogP contribution in [0.2, 0.25) is 0 Å². The third kappa shape index (κ3) is 8.26. The maximum Gasteiger partial charge on any atom is 0.408 e. The van der Waals surface area contributed by atoms with Gasteiger partial charge in [-0.2, -0.15) is 0 Å². The highest BCUT2D eigenvalue weighted by Crippen LogP contribution is 2.32. The van der Waals surface area contributed by atoms with Crippen LogP contribution in [0.1, 0.15) is 79.0 Å². The van der Waals surface area contributed by atoms with Gasteiger partial charge >= 0.3 is 6.09 Å². The summed E-state index contributed by atoms with van der Waals surface area (Å²) in [5.41, 5.74) is -0.370. The number of ether oxygens (including phenoxy) is 1. The zero-order valence-electron chi connectivity index (χ0n) is 21.7. The fraction of sp³-hybridized carbons (Fsp3) is 0.640. The Morgan fingerprint density at radius 2 is 1.70 bits per heavy atom. The number of aromatic hydroxyl groups is 1. The largest absolute Gasteiger partial charge is 0.507 e. The summed E-state index contributed by atoms with van der Waals surface area (Å²) in [5, 5.41) is 16.3. The standard InChI is InChI=1S/C25H41N3O5/c1-11-15(2)18(26-23(32)33-25(7,8)9)22(31)28(10)19(21(30)27-24(4,5)6)17-14-12-13-16(3)20(17)29/h12-15,18-19,29H,11H2,1-10H3,(H,26,32)(H,27,30). The number of benzene rings is 1. The Morgan fingerprint density at radius 3 is 2.18 bits per heavy atom. The molecule has 0 spiro atoms. The van der Waals surface area contributed by atoms with E-state index < -0.39 is 41.1 Å². The molecule has 1 aromatic carbocycles. The Labute approximate surface area is 198 Å². The number of phenols is 1. The Kier molecular flexibility index (Phi) is 9.33. The van der Waals surface area contributed by atoms with Gasteiger partial charge in [0.25, 0.3) is 0 Å². The number of carbonyl (C=O) groups is 3. The van der Waals surface area contributed by atoms with Crippen molar-refractivity contribution in [2.75, 3.05) is 7.05 Å². The zero-order valence-corrected chi connectivity index (χ0v) is 21.7. The highest BCUT2D eigenvalue weighted by molar-refractivity contribution is 5.92. The van der Waals surface area contributed by atoms with Crippen LogP contribution in [0.3, 0.4) is 0 Å². The lowest BCUT2D eigenvalue weighted by Gasteiger charge is -2.35. The number of para-hydroxylation sites is 1. The molecule has 3 atom stereocenters. The number of hydrogen-bond donors (Lipinski definition) is 3. The van der Waals surface area contributed by atoms with E-state index in [0.717, 1.165) is 0 Å². The fourth-order valence-electron chi connectivity index (χ4n) is 3.33. The average molecular weight is 464 g/mol. The summed E-state index contributed by atoms with van der Waals surface area (Å²) in [6.45, 7) is 16.2. The minimum atomic E-state index is -1.09. The van der Waals surface area contributed by atoms with E-state index in [9.17, 15) is 19.5 Å². The summed E-state index contributed by atoms with van der Waals surface area (Å²) >= 11 is 0. The number of nitrogens with one attached hydrogen (secondary N) is 2. The van der Waals surface area contributed by atoms with Gasteiger partial charge in [0.1, 0.15) is 23.4 Å². The molecule has 0 heterocycles. The van der Waals surface area contributed by atoms with E-state index in [1.807, 2.05) is 34.6 Å². The number of likely N-dealkylation sites (N-methyl/N-ethyl adjacent to an activating group) is 1. The number of amides is 3. The van der Waals surface area contributed by atoms with Crippen molar-refractivity contribution in [3.8, 4) is 5.75 Å². The third-order valence-electron chi connectivity index (χ3n) is 5.20. The van der Waals surface area contributed by atoms with Crippen LogP contribution in [0.4, 0.5) is 4.79 Å². The molecule has 0 aromatic heterocycles. The Bertz CT molecular complexity index is 855. The molecule has 0 bridgehead atoms. The first-order valence-corrected chi connectivity index (χ1v) is 11.3. The van der Waals surface area contributed by atoms with Crippen LogP contribution in [0.25, 0.3) is 0 Å². The van der Waals surface area contributed by atoms with Crippen molar-refractivity contribution in [2.24, 2.45) is 5.92 Å². The van der Waals surface area contributed by atoms with Crippen molar-refractivity contribution in [1.82, 2.24) is 15.5 Å². The van der Waals surface area contributed by atoms with Crippen LogP contribution in [-0.4, -0.2) is 52.1 Å². The molecule has 0 radical (unpaired) electrons. The molecule has 3 unspecified atom stereocenters. The summed E-state index contributed by atoms with van der Waals surface area (Å²) in [7, 11) is 1.50. The predicted molar refractivity (Wildman–Crippen MR) is 129 cm³/mol. The van der Waals surface area contributed by atoms with Crippen molar-refractivity contribution < 1.29 is 24.2 Å². The second-order valence-corrected chi connectivity index (χ2v) is 10.6. The second kappa shape index (κ2) is 10.9. The van der Waals surface area contributed by atoms with Crippen LogP contribution in [0.5, 0.6) is 5.75 Å². The minimum absolute atomic E-state index is 0.0496. The van der Waals surface area contributed by atoms with Crippen LogP contribution >= 0.6 is 0 Å². The summed E-state index contributed by atoms with van der Waals surface area (Å²) in [6.07, 6.45) is -0.0853. The molecule has 0 aliphatic heterocycles. The van der Waals surface area contributed by atoms with Gasteiger partial charge < -0.3 is 25.4 Å². The van der Waals surface area contributed by atoms with Crippen molar-refractivity contribution >= 4 is 17.9 Å². The number of hydrogen-bond acceptors (Lipinski definition) is 5. The zero-order chi connectivity index (χ0) is 25.7. The molecule has 0 aliphatic carbocycles. The Morgan fingerprint density at radius 1 is 1.12 bits per heavy atom. The SMILES string of the molecule is CCC(C)C(NC(=O)OC(C)(C)C)C(=O)N(C)C(C(=O)NC(C)(C)C)c1cccc(C)c1O.